The molecule has 29 heavy (non-hydrogen) atoms. The number of anilines is 2. The van der Waals surface area contributed by atoms with Crippen molar-refractivity contribution in [3.05, 3.63) is 11.8 Å². The van der Waals surface area contributed by atoms with Crippen molar-refractivity contribution in [2.24, 2.45) is 11.5 Å². The number of amides is 1. The third kappa shape index (κ3) is 4.71. The highest BCUT2D eigenvalue weighted by molar-refractivity contribution is 5.86. The number of primary amides is 1. The SMILES string of the molecule is Cl.Cl.NC(=O)C1(N2CCCCC2)CCN(c2cc(C3CC(N)C3)nc(N)n2)CC1. The van der Waals surface area contributed by atoms with E-state index in [1.54, 1.807) is 0 Å². The largest absolute Gasteiger partial charge is 0.368 e. The Hall–Kier alpha value is -1.35. The highest BCUT2D eigenvalue weighted by Gasteiger charge is 2.45. The molecule has 8 nitrogen and oxygen atoms in total. The molecule has 4 rings (SSSR count). The molecule has 0 bridgehead atoms. The van der Waals surface area contributed by atoms with Gasteiger partial charge in [0.05, 0.1) is 5.69 Å². The minimum atomic E-state index is -0.515. The molecule has 3 aliphatic rings. The second kappa shape index (κ2) is 9.64. The van der Waals surface area contributed by atoms with E-state index in [1.807, 2.05) is 6.07 Å². The first kappa shape index (κ1) is 23.9. The fourth-order valence-corrected chi connectivity index (χ4v) is 4.89. The lowest BCUT2D eigenvalue weighted by Gasteiger charge is -2.48. The number of nitrogen functional groups attached to an aromatic ring is 1. The smallest absolute Gasteiger partial charge is 0.238 e. The summed E-state index contributed by atoms with van der Waals surface area (Å²) in [5.41, 5.74) is 18.3. The quantitative estimate of drug-likeness (QED) is 0.638. The number of likely N-dealkylation sites (tertiary alicyclic amines) is 1. The maximum Gasteiger partial charge on any atom is 0.238 e. The van der Waals surface area contributed by atoms with Crippen LogP contribution in [0.5, 0.6) is 0 Å². The fraction of sp³-hybridized carbons (Fsp3) is 0.737. The number of halogens is 2. The summed E-state index contributed by atoms with van der Waals surface area (Å²) in [4.78, 5) is 25.8. The molecule has 0 aromatic carbocycles. The van der Waals surface area contributed by atoms with Gasteiger partial charge in [0.1, 0.15) is 11.4 Å². The van der Waals surface area contributed by atoms with E-state index in [-0.39, 0.29) is 36.8 Å². The average Bonchev–Trinajstić information content (AvgIpc) is 2.65. The van der Waals surface area contributed by atoms with Crippen LogP contribution in [0.4, 0.5) is 11.8 Å². The first-order valence-electron chi connectivity index (χ1n) is 10.2. The van der Waals surface area contributed by atoms with E-state index in [0.717, 1.165) is 76.2 Å². The number of hydrogen-bond acceptors (Lipinski definition) is 7. The van der Waals surface area contributed by atoms with Gasteiger partial charge in [0.15, 0.2) is 0 Å². The van der Waals surface area contributed by atoms with E-state index >= 15 is 0 Å². The summed E-state index contributed by atoms with van der Waals surface area (Å²) in [5, 5.41) is 0. The predicted molar refractivity (Wildman–Crippen MR) is 120 cm³/mol. The van der Waals surface area contributed by atoms with Crippen LogP contribution in [0.3, 0.4) is 0 Å². The molecule has 3 heterocycles. The molecule has 1 aliphatic carbocycles. The lowest BCUT2D eigenvalue weighted by Crippen LogP contribution is -2.63. The second-order valence-corrected chi connectivity index (χ2v) is 8.37. The Labute approximate surface area is 184 Å². The summed E-state index contributed by atoms with van der Waals surface area (Å²) >= 11 is 0. The number of piperidine rings is 2. The van der Waals surface area contributed by atoms with Gasteiger partial charge in [0.2, 0.25) is 11.9 Å². The molecule has 1 aromatic rings. The highest BCUT2D eigenvalue weighted by Crippen LogP contribution is 2.37. The molecule has 1 amide bonds. The monoisotopic (exact) mass is 445 g/mol. The zero-order chi connectivity index (χ0) is 19.0. The zero-order valence-electron chi connectivity index (χ0n) is 16.8. The first-order valence-corrected chi connectivity index (χ1v) is 10.2. The molecule has 164 valence electrons. The zero-order valence-corrected chi connectivity index (χ0v) is 18.4. The molecular formula is C19H33Cl2N7O. The molecule has 2 aliphatic heterocycles. The molecule has 0 unspecified atom stereocenters. The average molecular weight is 446 g/mol. The van der Waals surface area contributed by atoms with Crippen molar-refractivity contribution in [1.29, 1.82) is 0 Å². The van der Waals surface area contributed by atoms with Gasteiger partial charge < -0.3 is 22.1 Å². The molecule has 3 fully saturated rings. The van der Waals surface area contributed by atoms with E-state index in [1.165, 1.54) is 6.42 Å². The fourth-order valence-electron chi connectivity index (χ4n) is 4.89. The first-order chi connectivity index (χ1) is 13.0. The summed E-state index contributed by atoms with van der Waals surface area (Å²) < 4.78 is 0. The highest BCUT2D eigenvalue weighted by atomic mass is 35.5. The molecule has 0 spiro atoms. The van der Waals surface area contributed by atoms with Crippen LogP contribution >= 0.6 is 24.8 Å². The van der Waals surface area contributed by atoms with Crippen LogP contribution in [0.25, 0.3) is 0 Å². The normalized spacial score (nSPS) is 26.6. The Balaban J connectivity index is 0.00000150. The Morgan fingerprint density at radius 2 is 1.66 bits per heavy atom. The third-order valence-electron chi connectivity index (χ3n) is 6.68. The van der Waals surface area contributed by atoms with Crippen molar-refractivity contribution in [2.75, 3.05) is 36.8 Å². The van der Waals surface area contributed by atoms with Crippen LogP contribution in [0.1, 0.15) is 56.6 Å². The second-order valence-electron chi connectivity index (χ2n) is 8.37. The van der Waals surface area contributed by atoms with Crippen molar-refractivity contribution >= 4 is 42.5 Å². The molecular weight excluding hydrogens is 413 g/mol. The summed E-state index contributed by atoms with van der Waals surface area (Å²) in [6.07, 6.45) is 6.91. The lowest BCUT2D eigenvalue weighted by molar-refractivity contribution is -0.132. The number of carbonyl (C=O) groups is 1. The van der Waals surface area contributed by atoms with Crippen molar-refractivity contribution < 1.29 is 4.79 Å². The van der Waals surface area contributed by atoms with Crippen LogP contribution < -0.4 is 22.1 Å². The van der Waals surface area contributed by atoms with Crippen LogP contribution in [0.2, 0.25) is 0 Å². The van der Waals surface area contributed by atoms with Gasteiger partial charge in [-0.3, -0.25) is 9.69 Å². The number of rotatable bonds is 4. The van der Waals surface area contributed by atoms with E-state index in [9.17, 15) is 4.79 Å². The maximum absolute atomic E-state index is 12.4. The standard InChI is InChI=1S/C19H31N7O.2ClH/c20-14-10-13(11-14)15-12-16(24-18(22)23-15)25-8-4-19(5-9-25,17(21)27)26-6-2-1-3-7-26;;/h12-14H,1-11,20H2,(H2,21,27)(H2,22,23,24);2*1H. The molecule has 10 heteroatoms. The molecule has 0 radical (unpaired) electrons. The molecule has 2 saturated heterocycles. The summed E-state index contributed by atoms with van der Waals surface area (Å²) in [6.45, 7) is 3.43. The maximum atomic E-state index is 12.4. The van der Waals surface area contributed by atoms with Gasteiger partial charge in [0.25, 0.3) is 0 Å². The van der Waals surface area contributed by atoms with Crippen LogP contribution in [-0.2, 0) is 4.79 Å². The van der Waals surface area contributed by atoms with E-state index in [0.29, 0.717) is 11.9 Å². The number of nitrogens with two attached hydrogens (primary N) is 3. The van der Waals surface area contributed by atoms with Gasteiger partial charge in [-0.1, -0.05) is 6.42 Å². The summed E-state index contributed by atoms with van der Waals surface area (Å²) in [6, 6.07) is 2.32. The van der Waals surface area contributed by atoms with E-state index < -0.39 is 5.54 Å². The lowest BCUT2D eigenvalue weighted by atomic mass is 9.78. The topological polar surface area (TPSA) is 127 Å². The van der Waals surface area contributed by atoms with Gasteiger partial charge in [-0.05, 0) is 51.6 Å². The molecule has 6 N–H and O–H groups in total. The van der Waals surface area contributed by atoms with Crippen molar-refractivity contribution in [3.63, 3.8) is 0 Å². The summed E-state index contributed by atoms with van der Waals surface area (Å²) in [7, 11) is 0. The number of aromatic nitrogens is 2. The number of hydrogen-bond donors (Lipinski definition) is 3. The van der Waals surface area contributed by atoms with Gasteiger partial charge in [-0.25, -0.2) is 4.98 Å². The minimum Gasteiger partial charge on any atom is -0.368 e. The van der Waals surface area contributed by atoms with Gasteiger partial charge in [0, 0.05) is 31.1 Å². The van der Waals surface area contributed by atoms with Crippen LogP contribution in [-0.4, -0.2) is 58.5 Å². The Kier molecular flexibility index (Phi) is 7.95. The van der Waals surface area contributed by atoms with Crippen molar-refractivity contribution in [2.45, 2.75) is 62.4 Å². The minimum absolute atomic E-state index is 0. The molecule has 1 saturated carbocycles. The molecule has 0 atom stereocenters. The van der Waals surface area contributed by atoms with Crippen molar-refractivity contribution in [1.82, 2.24) is 14.9 Å². The number of carbonyl (C=O) groups excluding carboxylic acids is 1. The number of nitrogens with zero attached hydrogens (tertiary/aromatic N) is 4. The van der Waals surface area contributed by atoms with Gasteiger partial charge >= 0.3 is 0 Å². The Morgan fingerprint density at radius 1 is 1.03 bits per heavy atom. The van der Waals surface area contributed by atoms with Gasteiger partial charge in [-0.15, -0.1) is 24.8 Å². The summed E-state index contributed by atoms with van der Waals surface area (Å²) in [5.74, 6) is 1.36. The molecule has 1 aromatic heterocycles. The van der Waals surface area contributed by atoms with Crippen LogP contribution in [0, 0.1) is 0 Å². The van der Waals surface area contributed by atoms with Crippen molar-refractivity contribution in [3.8, 4) is 0 Å². The predicted octanol–water partition coefficient (Wildman–Crippen LogP) is 1.42. The third-order valence-corrected chi connectivity index (χ3v) is 6.68. The Morgan fingerprint density at radius 3 is 2.21 bits per heavy atom. The van der Waals surface area contributed by atoms with Crippen LogP contribution in [0.15, 0.2) is 6.07 Å². The van der Waals surface area contributed by atoms with E-state index in [4.69, 9.17) is 17.2 Å². The van der Waals surface area contributed by atoms with E-state index in [2.05, 4.69) is 19.8 Å². The van der Waals surface area contributed by atoms with Gasteiger partial charge in [-0.2, -0.15) is 4.98 Å². The Bertz CT molecular complexity index is 700.